The van der Waals surface area contributed by atoms with Crippen LogP contribution >= 0.6 is 0 Å². The van der Waals surface area contributed by atoms with Gasteiger partial charge in [0.15, 0.2) is 0 Å². The van der Waals surface area contributed by atoms with Gasteiger partial charge in [-0.2, -0.15) is 0 Å². The maximum Gasteiger partial charge on any atom is 0.317 e. The predicted molar refractivity (Wildman–Crippen MR) is 75.1 cm³/mol. The van der Waals surface area contributed by atoms with Gasteiger partial charge in [-0.05, 0) is 40.5 Å². The second-order valence-electron chi connectivity index (χ2n) is 6.38. The fourth-order valence-corrected chi connectivity index (χ4v) is 2.73. The van der Waals surface area contributed by atoms with Gasteiger partial charge in [0.05, 0.1) is 23.9 Å². The van der Waals surface area contributed by atoms with Crippen molar-refractivity contribution in [3.63, 3.8) is 0 Å². The van der Waals surface area contributed by atoms with E-state index in [1.807, 2.05) is 34.6 Å². The second kappa shape index (κ2) is 6.09. The molecule has 5 nitrogen and oxygen atoms in total. The van der Waals surface area contributed by atoms with E-state index in [4.69, 9.17) is 9.84 Å². The van der Waals surface area contributed by atoms with E-state index in [9.17, 15) is 4.79 Å². The van der Waals surface area contributed by atoms with Crippen LogP contribution in [-0.2, 0) is 4.74 Å². The zero-order valence-corrected chi connectivity index (χ0v) is 12.8. The summed E-state index contributed by atoms with van der Waals surface area (Å²) in [5.41, 5.74) is -0.579. The van der Waals surface area contributed by atoms with Crippen LogP contribution in [-0.4, -0.2) is 53.0 Å². The summed E-state index contributed by atoms with van der Waals surface area (Å²) >= 11 is 0. The van der Waals surface area contributed by atoms with Crippen molar-refractivity contribution in [1.82, 2.24) is 10.2 Å². The molecule has 0 aromatic heterocycles. The summed E-state index contributed by atoms with van der Waals surface area (Å²) in [5, 5.41) is 12.1. The molecule has 0 spiro atoms. The Labute approximate surface area is 116 Å². The smallest absolute Gasteiger partial charge is 0.317 e. The van der Waals surface area contributed by atoms with E-state index in [0.717, 1.165) is 12.8 Å². The molecule has 112 valence electrons. The third-order valence-corrected chi connectivity index (χ3v) is 3.52. The topological polar surface area (TPSA) is 61.8 Å². The predicted octanol–water partition coefficient (Wildman–Crippen LogP) is 1.75. The van der Waals surface area contributed by atoms with Crippen molar-refractivity contribution in [2.45, 2.75) is 64.7 Å². The fraction of sp³-hybridized carbons (Fsp3) is 0.929. The number of aliphatic hydroxyl groups is 1. The molecule has 0 bridgehead atoms. The van der Waals surface area contributed by atoms with E-state index >= 15 is 0 Å². The number of ether oxygens (including phenoxy) is 1. The molecule has 1 saturated heterocycles. The highest BCUT2D eigenvalue weighted by Crippen LogP contribution is 2.37. The van der Waals surface area contributed by atoms with E-state index in [0.29, 0.717) is 13.1 Å². The molecule has 2 N–H and O–H groups in total. The summed E-state index contributed by atoms with van der Waals surface area (Å²) in [5.74, 6) is 0. The van der Waals surface area contributed by atoms with Crippen LogP contribution in [0, 0.1) is 0 Å². The van der Waals surface area contributed by atoms with Crippen LogP contribution in [0.15, 0.2) is 0 Å². The van der Waals surface area contributed by atoms with Crippen LogP contribution in [0.1, 0.15) is 47.5 Å². The van der Waals surface area contributed by atoms with Crippen molar-refractivity contribution >= 4 is 6.03 Å². The zero-order valence-electron chi connectivity index (χ0n) is 12.8. The number of carbonyl (C=O) groups is 1. The number of hydrogen-bond donors (Lipinski definition) is 2. The number of nitrogens with zero attached hydrogens (tertiary/aromatic N) is 1. The molecule has 1 aliphatic heterocycles. The van der Waals surface area contributed by atoms with Gasteiger partial charge in [0.2, 0.25) is 0 Å². The Morgan fingerprint density at radius 3 is 2.42 bits per heavy atom. The molecule has 1 aliphatic rings. The van der Waals surface area contributed by atoms with Gasteiger partial charge in [-0.3, -0.25) is 0 Å². The van der Waals surface area contributed by atoms with E-state index < -0.39 is 0 Å². The Kier molecular flexibility index (Phi) is 5.21. The molecule has 0 aromatic rings. The van der Waals surface area contributed by atoms with Gasteiger partial charge in [0.25, 0.3) is 0 Å². The average molecular weight is 272 g/mol. The van der Waals surface area contributed by atoms with Gasteiger partial charge < -0.3 is 20.1 Å². The molecule has 0 radical (unpaired) electrons. The molecular weight excluding hydrogens is 244 g/mol. The van der Waals surface area contributed by atoms with Gasteiger partial charge in [0, 0.05) is 13.1 Å². The number of rotatable bonds is 5. The van der Waals surface area contributed by atoms with Gasteiger partial charge >= 0.3 is 6.03 Å². The molecule has 2 amide bonds. The summed E-state index contributed by atoms with van der Waals surface area (Å²) in [7, 11) is 0. The Balaban J connectivity index is 2.65. The van der Waals surface area contributed by atoms with Gasteiger partial charge in [-0.1, -0.05) is 6.92 Å². The monoisotopic (exact) mass is 272 g/mol. The van der Waals surface area contributed by atoms with Crippen molar-refractivity contribution in [3.05, 3.63) is 0 Å². The van der Waals surface area contributed by atoms with Crippen molar-refractivity contribution in [2.24, 2.45) is 0 Å². The molecule has 1 unspecified atom stereocenters. The standard InChI is InChI=1S/C14H28N2O3/c1-6-7-16(8-9-17)12(18)15-11-10-13(2,3)19-14(11,4)5/h11,17H,6-10H2,1-5H3,(H,15,18). The Bertz CT molecular complexity index is 310. The summed E-state index contributed by atoms with van der Waals surface area (Å²) < 4.78 is 5.97. The zero-order chi connectivity index (χ0) is 14.7. The maximum absolute atomic E-state index is 12.2. The van der Waals surface area contributed by atoms with Crippen LogP contribution in [0.25, 0.3) is 0 Å². The highest BCUT2D eigenvalue weighted by atomic mass is 16.5. The third kappa shape index (κ3) is 4.35. The minimum atomic E-state index is -0.365. The van der Waals surface area contributed by atoms with Crippen LogP contribution < -0.4 is 5.32 Å². The molecule has 19 heavy (non-hydrogen) atoms. The molecule has 0 aliphatic carbocycles. The minimum absolute atomic E-state index is 0.00644. The molecule has 0 aromatic carbocycles. The first kappa shape index (κ1) is 16.2. The van der Waals surface area contributed by atoms with Gasteiger partial charge in [-0.25, -0.2) is 4.79 Å². The number of urea groups is 1. The molecule has 1 atom stereocenters. The SMILES string of the molecule is CCCN(CCO)C(=O)NC1CC(C)(C)OC1(C)C. The highest BCUT2D eigenvalue weighted by molar-refractivity contribution is 5.74. The molecule has 0 saturated carbocycles. The lowest BCUT2D eigenvalue weighted by molar-refractivity contribution is -0.0692. The van der Waals surface area contributed by atoms with E-state index in [1.165, 1.54) is 0 Å². The summed E-state index contributed by atoms with van der Waals surface area (Å²) in [4.78, 5) is 13.9. The van der Waals surface area contributed by atoms with E-state index in [-0.39, 0.29) is 29.9 Å². The first-order valence-electron chi connectivity index (χ1n) is 7.08. The van der Waals surface area contributed by atoms with Crippen LogP contribution in [0.5, 0.6) is 0 Å². The van der Waals surface area contributed by atoms with Gasteiger partial charge in [-0.15, -0.1) is 0 Å². The molecular formula is C14H28N2O3. The second-order valence-corrected chi connectivity index (χ2v) is 6.38. The lowest BCUT2D eigenvalue weighted by Gasteiger charge is -2.30. The Hall–Kier alpha value is -0.810. The first-order valence-corrected chi connectivity index (χ1v) is 7.08. The fourth-order valence-electron chi connectivity index (χ4n) is 2.73. The third-order valence-electron chi connectivity index (χ3n) is 3.52. The summed E-state index contributed by atoms with van der Waals surface area (Å²) in [6, 6.07) is -0.122. The van der Waals surface area contributed by atoms with Crippen LogP contribution in [0.4, 0.5) is 4.79 Å². The maximum atomic E-state index is 12.2. The quantitative estimate of drug-likeness (QED) is 0.801. The van der Waals surface area contributed by atoms with Crippen molar-refractivity contribution in [3.8, 4) is 0 Å². The average Bonchev–Trinajstić information content (AvgIpc) is 2.46. The normalized spacial score (nSPS) is 24.2. The highest BCUT2D eigenvalue weighted by Gasteiger charge is 2.46. The minimum Gasteiger partial charge on any atom is -0.395 e. The molecule has 1 heterocycles. The van der Waals surface area contributed by atoms with Crippen LogP contribution in [0.3, 0.4) is 0 Å². The van der Waals surface area contributed by atoms with Crippen molar-refractivity contribution in [2.75, 3.05) is 19.7 Å². The first-order chi connectivity index (χ1) is 8.72. The van der Waals surface area contributed by atoms with Crippen molar-refractivity contribution < 1.29 is 14.6 Å². The summed E-state index contributed by atoms with van der Waals surface area (Å²) in [6.45, 7) is 11.1. The lowest BCUT2D eigenvalue weighted by atomic mass is 9.94. The molecule has 1 rings (SSSR count). The number of hydrogen-bond acceptors (Lipinski definition) is 3. The number of aliphatic hydroxyl groups excluding tert-OH is 1. The van der Waals surface area contributed by atoms with Crippen LogP contribution in [0.2, 0.25) is 0 Å². The largest absolute Gasteiger partial charge is 0.395 e. The number of nitrogens with one attached hydrogen (secondary N) is 1. The Morgan fingerprint density at radius 1 is 1.37 bits per heavy atom. The van der Waals surface area contributed by atoms with Gasteiger partial charge in [0.1, 0.15) is 0 Å². The van der Waals surface area contributed by atoms with E-state index in [2.05, 4.69) is 5.32 Å². The van der Waals surface area contributed by atoms with E-state index in [1.54, 1.807) is 4.90 Å². The molecule has 1 fully saturated rings. The van der Waals surface area contributed by atoms with Crippen molar-refractivity contribution in [1.29, 1.82) is 0 Å². The number of carbonyl (C=O) groups excluding carboxylic acids is 1. The molecule has 5 heteroatoms. The Morgan fingerprint density at radius 2 is 2.00 bits per heavy atom. The number of amides is 2. The summed E-state index contributed by atoms with van der Waals surface area (Å²) in [6.07, 6.45) is 1.67. The lowest BCUT2D eigenvalue weighted by Crippen LogP contribution is -2.51.